The van der Waals surface area contributed by atoms with Crippen molar-refractivity contribution in [1.29, 1.82) is 0 Å². The Bertz CT molecular complexity index is 940. The summed E-state index contributed by atoms with van der Waals surface area (Å²) in [5, 5.41) is 14.2. The van der Waals surface area contributed by atoms with E-state index in [2.05, 4.69) is 46.6 Å². The normalized spacial score (nSPS) is 21.5. The quantitative estimate of drug-likeness (QED) is 0.372. The van der Waals surface area contributed by atoms with E-state index in [9.17, 15) is 5.11 Å². The van der Waals surface area contributed by atoms with E-state index in [1.165, 1.54) is 0 Å². The van der Waals surface area contributed by atoms with Crippen LogP contribution in [0.1, 0.15) is 35.4 Å². The number of benzene rings is 2. The number of nitrogens with zero attached hydrogens (tertiary/aromatic N) is 1. The van der Waals surface area contributed by atoms with Crippen LogP contribution in [0.2, 0.25) is 0 Å². The molecule has 2 aliphatic heterocycles. The third kappa shape index (κ3) is 7.89. The van der Waals surface area contributed by atoms with E-state index in [0.717, 1.165) is 60.7 Å². The molecule has 0 aliphatic carbocycles. The molecule has 1 fully saturated rings. The number of rotatable bonds is 14. The molecule has 2 aromatic rings. The van der Waals surface area contributed by atoms with Crippen molar-refractivity contribution < 1.29 is 28.8 Å². The minimum absolute atomic E-state index is 0.0931. The average molecular weight is 515 g/mol. The lowest BCUT2D eigenvalue weighted by Gasteiger charge is -2.36. The smallest absolute Gasteiger partial charge is 0.142 e. The second-order valence-electron chi connectivity index (χ2n) is 9.73. The van der Waals surface area contributed by atoms with Gasteiger partial charge in [-0.2, -0.15) is 0 Å². The fourth-order valence-electron chi connectivity index (χ4n) is 5.05. The molecule has 8 heteroatoms. The molecule has 2 aliphatic rings. The van der Waals surface area contributed by atoms with Gasteiger partial charge in [-0.3, -0.25) is 0 Å². The highest BCUT2D eigenvalue weighted by Gasteiger charge is 2.34. The number of hydrogen-bond donors (Lipinski definition) is 2. The molecule has 37 heavy (non-hydrogen) atoms. The first-order valence-electron chi connectivity index (χ1n) is 13.3. The predicted molar refractivity (Wildman–Crippen MR) is 143 cm³/mol. The van der Waals surface area contributed by atoms with Crippen LogP contribution in [0.25, 0.3) is 0 Å². The lowest BCUT2D eigenvalue weighted by atomic mass is 9.85. The van der Waals surface area contributed by atoms with Crippen LogP contribution in [0.3, 0.4) is 0 Å². The maximum Gasteiger partial charge on any atom is 0.142 e. The van der Waals surface area contributed by atoms with Crippen molar-refractivity contribution in [3.05, 3.63) is 59.2 Å². The Kier molecular flexibility index (Phi) is 11.0. The molecule has 2 heterocycles. The third-order valence-electron chi connectivity index (χ3n) is 7.01. The second-order valence-corrected chi connectivity index (χ2v) is 9.73. The molecule has 0 aromatic heterocycles. The molecule has 1 saturated heterocycles. The van der Waals surface area contributed by atoms with Crippen LogP contribution in [0, 0.1) is 0 Å². The summed E-state index contributed by atoms with van der Waals surface area (Å²) in [6, 6.07) is 14.6. The zero-order valence-electron chi connectivity index (χ0n) is 22.2. The number of hydrogen-bond acceptors (Lipinski definition) is 8. The van der Waals surface area contributed by atoms with Gasteiger partial charge in [-0.05, 0) is 41.7 Å². The molecular weight excluding hydrogens is 472 g/mol. The first-order chi connectivity index (χ1) is 18.2. The van der Waals surface area contributed by atoms with Gasteiger partial charge in [0, 0.05) is 59.6 Å². The van der Waals surface area contributed by atoms with E-state index in [1.54, 1.807) is 14.2 Å². The molecule has 8 nitrogen and oxygen atoms in total. The largest absolute Gasteiger partial charge is 0.490 e. The van der Waals surface area contributed by atoms with Crippen molar-refractivity contribution in [3.63, 3.8) is 0 Å². The molecule has 0 radical (unpaired) electrons. The Labute approximate surface area is 220 Å². The van der Waals surface area contributed by atoms with Crippen molar-refractivity contribution in [2.24, 2.45) is 0 Å². The zero-order chi connectivity index (χ0) is 25.9. The Hall–Kier alpha value is -2.20. The molecule has 0 unspecified atom stereocenters. The number of anilines is 1. The summed E-state index contributed by atoms with van der Waals surface area (Å²) in [6.45, 7) is 6.94. The maximum atomic E-state index is 10.9. The first kappa shape index (κ1) is 27.8. The van der Waals surface area contributed by atoms with Crippen LogP contribution in [0.15, 0.2) is 42.5 Å². The number of nitrogens with one attached hydrogen (secondary N) is 1. The van der Waals surface area contributed by atoms with Crippen molar-refractivity contribution in [2.45, 2.75) is 44.2 Å². The van der Waals surface area contributed by atoms with Gasteiger partial charge in [0.1, 0.15) is 12.4 Å². The van der Waals surface area contributed by atoms with E-state index >= 15 is 0 Å². The van der Waals surface area contributed by atoms with E-state index in [1.807, 2.05) is 6.07 Å². The number of β-amino-alcohol motifs (C(OH)–C–C–N with tert-alkyl or cyclic N) is 1. The van der Waals surface area contributed by atoms with Crippen molar-refractivity contribution in [2.75, 3.05) is 71.7 Å². The van der Waals surface area contributed by atoms with Crippen LogP contribution in [0.4, 0.5) is 5.69 Å². The van der Waals surface area contributed by atoms with E-state index < -0.39 is 6.10 Å². The molecule has 0 saturated carbocycles. The third-order valence-corrected chi connectivity index (χ3v) is 7.01. The van der Waals surface area contributed by atoms with Gasteiger partial charge in [0.05, 0.1) is 37.7 Å². The van der Waals surface area contributed by atoms with Crippen molar-refractivity contribution >= 4 is 5.69 Å². The topological polar surface area (TPSA) is 81.7 Å². The van der Waals surface area contributed by atoms with Gasteiger partial charge in [-0.25, -0.2) is 0 Å². The van der Waals surface area contributed by atoms with Crippen LogP contribution in [0.5, 0.6) is 5.75 Å². The number of fused-ring (bicyclic) bond motifs is 1. The molecular formula is C29H42N2O6. The van der Waals surface area contributed by atoms with Crippen LogP contribution >= 0.6 is 0 Å². The van der Waals surface area contributed by atoms with Gasteiger partial charge in [0.25, 0.3) is 0 Å². The molecule has 204 valence electrons. The highest BCUT2D eigenvalue weighted by molar-refractivity contribution is 5.61. The fourth-order valence-corrected chi connectivity index (χ4v) is 5.05. The Morgan fingerprint density at radius 1 is 0.946 bits per heavy atom. The standard InChI is InChI=1S/C29H42N2O6/c1-33-13-3-11-31-12-16-36-27-10-7-23(17-25(27)31)21-37-28-19-30-18-26(32)29(28)24-8-5-22(6-9-24)20-35-15-4-14-34-2/h5-10,17,26,28-30,32H,3-4,11-16,18-21H2,1-2H3/t26-,28+,29+/m1/s1. The molecule has 0 spiro atoms. The summed E-state index contributed by atoms with van der Waals surface area (Å²) < 4.78 is 28.3. The summed E-state index contributed by atoms with van der Waals surface area (Å²) in [6.07, 6.45) is 1.22. The summed E-state index contributed by atoms with van der Waals surface area (Å²) in [5.74, 6) is 0.826. The zero-order valence-corrected chi connectivity index (χ0v) is 22.2. The Morgan fingerprint density at radius 2 is 1.73 bits per heavy atom. The first-order valence-corrected chi connectivity index (χ1v) is 13.3. The van der Waals surface area contributed by atoms with Gasteiger partial charge >= 0.3 is 0 Å². The van der Waals surface area contributed by atoms with Crippen molar-refractivity contribution in [1.82, 2.24) is 5.32 Å². The minimum Gasteiger partial charge on any atom is -0.490 e. The number of piperidine rings is 1. The van der Waals surface area contributed by atoms with Crippen LogP contribution in [-0.4, -0.2) is 84.1 Å². The average Bonchev–Trinajstić information content (AvgIpc) is 2.92. The van der Waals surface area contributed by atoms with Gasteiger partial charge in [0.15, 0.2) is 0 Å². The summed E-state index contributed by atoms with van der Waals surface area (Å²) >= 11 is 0. The highest BCUT2D eigenvalue weighted by atomic mass is 16.5. The lowest BCUT2D eigenvalue weighted by Crippen LogP contribution is -2.49. The molecule has 3 atom stereocenters. The summed E-state index contributed by atoms with van der Waals surface area (Å²) in [7, 11) is 3.44. The van der Waals surface area contributed by atoms with Gasteiger partial charge in [-0.15, -0.1) is 0 Å². The van der Waals surface area contributed by atoms with E-state index in [-0.39, 0.29) is 12.0 Å². The van der Waals surface area contributed by atoms with E-state index in [0.29, 0.717) is 46.1 Å². The number of aliphatic hydroxyl groups excluding tert-OH is 1. The molecule has 2 aromatic carbocycles. The molecule has 4 rings (SSSR count). The lowest BCUT2D eigenvalue weighted by molar-refractivity contribution is -0.0328. The molecule has 0 bridgehead atoms. The summed E-state index contributed by atoms with van der Waals surface area (Å²) in [5.41, 5.74) is 4.42. The highest BCUT2D eigenvalue weighted by Crippen LogP contribution is 2.34. The van der Waals surface area contributed by atoms with Gasteiger partial charge in [-0.1, -0.05) is 30.3 Å². The van der Waals surface area contributed by atoms with E-state index in [4.69, 9.17) is 23.7 Å². The van der Waals surface area contributed by atoms with Gasteiger partial charge in [0.2, 0.25) is 0 Å². The molecule has 0 amide bonds. The van der Waals surface area contributed by atoms with Crippen LogP contribution < -0.4 is 15.0 Å². The Morgan fingerprint density at radius 3 is 2.54 bits per heavy atom. The maximum absolute atomic E-state index is 10.9. The second kappa shape index (κ2) is 14.7. The molecule has 2 N–H and O–H groups in total. The number of methoxy groups -OCH3 is 2. The fraction of sp³-hybridized carbons (Fsp3) is 0.586. The Balaban J connectivity index is 1.37. The summed E-state index contributed by atoms with van der Waals surface area (Å²) in [4.78, 5) is 2.36. The van der Waals surface area contributed by atoms with Crippen molar-refractivity contribution in [3.8, 4) is 5.75 Å². The van der Waals surface area contributed by atoms with Crippen LogP contribution in [-0.2, 0) is 32.2 Å². The number of aliphatic hydroxyl groups is 1. The number of ether oxygens (including phenoxy) is 5. The SMILES string of the molecule is COCCCOCc1ccc([C@H]2[C@H](O)CNC[C@@H]2OCc2ccc3c(c2)N(CCCOC)CCO3)cc1. The predicted octanol–water partition coefficient (Wildman–Crippen LogP) is 3.11. The monoisotopic (exact) mass is 514 g/mol. The minimum atomic E-state index is -0.511. The van der Waals surface area contributed by atoms with Gasteiger partial charge < -0.3 is 39.0 Å².